The lowest BCUT2D eigenvalue weighted by molar-refractivity contribution is 0.669. The fourth-order valence-corrected chi connectivity index (χ4v) is 6.79. The molecule has 5 nitrogen and oxygen atoms in total. The van der Waals surface area contributed by atoms with Crippen molar-refractivity contribution >= 4 is 71.2 Å². The zero-order valence-corrected chi connectivity index (χ0v) is 22.7. The summed E-state index contributed by atoms with van der Waals surface area (Å²) >= 11 is 0. The Morgan fingerprint density at radius 1 is 0.558 bits per heavy atom. The van der Waals surface area contributed by atoms with Crippen LogP contribution in [0.15, 0.2) is 126 Å². The topological polar surface area (TPSA) is 51.1 Å². The molecular weight excluding hydrogens is 528 g/mol. The van der Waals surface area contributed by atoms with Gasteiger partial charge in [0.25, 0.3) is 0 Å². The quantitative estimate of drug-likeness (QED) is 0.202. The average molecular weight is 549 g/mol. The summed E-state index contributed by atoms with van der Waals surface area (Å²) < 4.78 is 10.8. The maximum absolute atomic E-state index is 9.88. The second kappa shape index (κ2) is 8.60. The van der Waals surface area contributed by atoms with E-state index in [-0.39, 0.29) is 0 Å². The van der Waals surface area contributed by atoms with Crippen molar-refractivity contribution in [2.75, 3.05) is 0 Å². The number of hydrogen-bond acceptors (Lipinski definition) is 2. The van der Waals surface area contributed by atoms with Gasteiger partial charge in [0.2, 0.25) is 0 Å². The molecule has 0 unspecified atom stereocenters. The monoisotopic (exact) mass is 548 g/mol. The molecule has 3 aromatic heterocycles. The van der Waals surface area contributed by atoms with Crippen LogP contribution in [0.2, 0.25) is 0 Å². The molecular formula is C38H20N4O. The minimum absolute atomic E-state index is 0.651. The number of fused-ring (bicyclic) bond motifs is 9. The van der Waals surface area contributed by atoms with Gasteiger partial charge < -0.3 is 13.6 Å². The van der Waals surface area contributed by atoms with E-state index >= 15 is 0 Å². The predicted octanol–water partition coefficient (Wildman–Crippen LogP) is 10.2. The van der Waals surface area contributed by atoms with Crippen molar-refractivity contribution in [3.05, 3.63) is 138 Å². The lowest BCUT2D eigenvalue weighted by Crippen LogP contribution is -1.94. The molecule has 0 aliphatic carbocycles. The van der Waals surface area contributed by atoms with E-state index in [9.17, 15) is 5.26 Å². The number of para-hydroxylation sites is 2. The van der Waals surface area contributed by atoms with Crippen LogP contribution in [0, 0.1) is 17.9 Å². The molecule has 0 atom stereocenters. The third kappa shape index (κ3) is 3.14. The molecule has 3 heterocycles. The number of aromatic nitrogens is 2. The zero-order chi connectivity index (χ0) is 28.7. The first-order valence-electron chi connectivity index (χ1n) is 14.0. The van der Waals surface area contributed by atoms with Gasteiger partial charge in [-0.2, -0.15) is 5.26 Å². The van der Waals surface area contributed by atoms with E-state index in [0.717, 1.165) is 76.9 Å². The highest BCUT2D eigenvalue weighted by Gasteiger charge is 2.18. The van der Waals surface area contributed by atoms with Gasteiger partial charge in [0.05, 0.1) is 34.8 Å². The van der Waals surface area contributed by atoms with Crippen molar-refractivity contribution in [2.45, 2.75) is 0 Å². The minimum Gasteiger partial charge on any atom is -0.456 e. The Bertz CT molecular complexity index is 2520. The van der Waals surface area contributed by atoms with Gasteiger partial charge in [0.1, 0.15) is 11.2 Å². The molecule has 0 N–H and O–H groups in total. The summed E-state index contributed by atoms with van der Waals surface area (Å²) in [6.07, 6.45) is 0. The lowest BCUT2D eigenvalue weighted by Gasteiger charge is -2.09. The third-order valence-corrected chi connectivity index (χ3v) is 8.57. The van der Waals surface area contributed by atoms with Gasteiger partial charge in [-0.3, -0.25) is 0 Å². The fraction of sp³-hybridized carbons (Fsp3) is 0. The number of nitrogens with zero attached hydrogens (tertiary/aromatic N) is 4. The highest BCUT2D eigenvalue weighted by atomic mass is 16.3. The summed E-state index contributed by atoms with van der Waals surface area (Å²) in [4.78, 5) is 3.83. The zero-order valence-electron chi connectivity index (χ0n) is 22.7. The SMILES string of the molecule is [C-]#[N+]c1cccc2c1c1ccccc1n2-c1ccc2oc3ccc(-n4c5ccccc5c5c(C#N)cccc54)cc3c2c1. The Labute approximate surface area is 245 Å². The maximum atomic E-state index is 9.88. The molecule has 6 aromatic carbocycles. The van der Waals surface area contributed by atoms with E-state index in [4.69, 9.17) is 11.0 Å². The average Bonchev–Trinajstić information content (AvgIpc) is 3.71. The molecule has 0 fully saturated rings. The van der Waals surface area contributed by atoms with Crippen molar-refractivity contribution < 1.29 is 4.42 Å². The van der Waals surface area contributed by atoms with Crippen LogP contribution >= 0.6 is 0 Å². The maximum Gasteiger partial charge on any atom is 0.197 e. The summed E-state index contributed by atoms with van der Waals surface area (Å²) in [6, 6.07) is 43.3. The Kier molecular flexibility index (Phi) is 4.68. The Morgan fingerprint density at radius 3 is 1.70 bits per heavy atom. The number of benzene rings is 6. The molecule has 0 saturated carbocycles. The van der Waals surface area contributed by atoms with Crippen LogP contribution in [0.1, 0.15) is 5.56 Å². The molecule has 0 aliphatic heterocycles. The molecule has 0 amide bonds. The summed E-state index contributed by atoms with van der Waals surface area (Å²) in [5.74, 6) is 0. The van der Waals surface area contributed by atoms with Gasteiger partial charge in [0.15, 0.2) is 5.69 Å². The van der Waals surface area contributed by atoms with Crippen LogP contribution in [-0.4, -0.2) is 9.13 Å². The first-order valence-corrected chi connectivity index (χ1v) is 14.0. The second-order valence-electron chi connectivity index (χ2n) is 10.8. The first kappa shape index (κ1) is 23.4. The van der Waals surface area contributed by atoms with Gasteiger partial charge in [-0.1, -0.05) is 54.6 Å². The number of nitriles is 1. The summed E-state index contributed by atoms with van der Waals surface area (Å²) in [5.41, 5.74) is 9.05. The van der Waals surface area contributed by atoms with Crippen LogP contribution < -0.4 is 0 Å². The first-order chi connectivity index (χ1) is 21.2. The molecule has 9 aromatic rings. The summed E-state index contributed by atoms with van der Waals surface area (Å²) in [7, 11) is 0. The van der Waals surface area contributed by atoms with E-state index < -0.39 is 0 Å². The molecule has 0 bridgehead atoms. The Hall–Kier alpha value is -6.30. The highest BCUT2D eigenvalue weighted by molar-refractivity contribution is 6.16. The molecule has 0 spiro atoms. The van der Waals surface area contributed by atoms with Crippen molar-refractivity contribution in [3.8, 4) is 17.4 Å². The highest BCUT2D eigenvalue weighted by Crippen LogP contribution is 2.40. The second-order valence-corrected chi connectivity index (χ2v) is 10.8. The lowest BCUT2D eigenvalue weighted by atomic mass is 10.1. The van der Waals surface area contributed by atoms with Gasteiger partial charge in [-0.25, -0.2) is 4.85 Å². The fourth-order valence-electron chi connectivity index (χ4n) is 6.79. The van der Waals surface area contributed by atoms with Crippen LogP contribution in [0.25, 0.3) is 81.8 Å². The normalized spacial score (nSPS) is 11.7. The van der Waals surface area contributed by atoms with Crippen LogP contribution in [0.5, 0.6) is 0 Å². The van der Waals surface area contributed by atoms with Gasteiger partial charge >= 0.3 is 0 Å². The molecule has 198 valence electrons. The van der Waals surface area contributed by atoms with Crippen molar-refractivity contribution in [1.82, 2.24) is 9.13 Å². The van der Waals surface area contributed by atoms with Gasteiger partial charge in [-0.05, 0) is 72.1 Å². The van der Waals surface area contributed by atoms with E-state index in [0.29, 0.717) is 11.3 Å². The van der Waals surface area contributed by atoms with Crippen molar-refractivity contribution in [2.24, 2.45) is 0 Å². The van der Waals surface area contributed by atoms with Gasteiger partial charge in [0, 0.05) is 43.8 Å². The summed E-state index contributed by atoms with van der Waals surface area (Å²) in [6.45, 7) is 7.78. The van der Waals surface area contributed by atoms with Crippen LogP contribution in [0.3, 0.4) is 0 Å². The molecule has 5 heteroatoms. The van der Waals surface area contributed by atoms with Crippen LogP contribution in [-0.2, 0) is 0 Å². The molecule has 0 aliphatic rings. The smallest absolute Gasteiger partial charge is 0.197 e. The van der Waals surface area contributed by atoms with E-state index in [1.807, 2.05) is 60.7 Å². The number of hydrogen-bond donors (Lipinski definition) is 0. The van der Waals surface area contributed by atoms with Crippen molar-refractivity contribution in [1.29, 1.82) is 5.26 Å². The molecule has 0 radical (unpaired) electrons. The van der Waals surface area contributed by atoms with Crippen molar-refractivity contribution in [3.63, 3.8) is 0 Å². The molecule has 43 heavy (non-hydrogen) atoms. The Balaban J connectivity index is 1.33. The predicted molar refractivity (Wildman–Crippen MR) is 173 cm³/mol. The van der Waals surface area contributed by atoms with E-state index in [2.05, 4.69) is 80.7 Å². The number of furan rings is 1. The molecule has 9 rings (SSSR count). The summed E-state index contributed by atoms with van der Waals surface area (Å²) in [5, 5.41) is 16.0. The molecule has 0 saturated heterocycles. The number of rotatable bonds is 2. The standard InChI is InChI=1S/C38H20N4O/c1-40-30-11-7-15-34-38(30)27-10-3-5-13-32(27)42(34)25-17-19-36-29(21-25)28-20-24(16-18-35(28)43-36)41-31-12-4-2-9-26(31)37-23(22-39)8-6-14-33(37)41/h2-21H. The van der Waals surface area contributed by atoms with E-state index in [1.165, 1.54) is 0 Å². The van der Waals surface area contributed by atoms with Gasteiger partial charge in [-0.15, -0.1) is 0 Å². The van der Waals surface area contributed by atoms with Crippen LogP contribution in [0.4, 0.5) is 5.69 Å². The largest absolute Gasteiger partial charge is 0.456 e. The third-order valence-electron chi connectivity index (χ3n) is 8.57. The minimum atomic E-state index is 0.651. The van der Waals surface area contributed by atoms with E-state index in [1.54, 1.807) is 0 Å². The Morgan fingerprint density at radius 2 is 1.09 bits per heavy atom.